The Bertz CT molecular complexity index is 2550. The third-order valence-corrected chi connectivity index (χ3v) is 12.9. The maximum Gasteiger partial charge on any atom is 0.282 e. The van der Waals surface area contributed by atoms with Crippen LogP contribution in [0.3, 0.4) is 0 Å². The number of anilines is 2. The van der Waals surface area contributed by atoms with Crippen LogP contribution in [0.2, 0.25) is 5.02 Å². The molecule has 0 saturated carbocycles. The second-order valence-electron chi connectivity index (χ2n) is 16.3. The molecule has 0 radical (unpaired) electrons. The van der Waals surface area contributed by atoms with Gasteiger partial charge in [-0.3, -0.25) is 19.1 Å². The Morgan fingerprint density at radius 3 is 2.34 bits per heavy atom. The summed E-state index contributed by atoms with van der Waals surface area (Å²) in [5, 5.41) is 13.5. The smallest absolute Gasteiger partial charge is 0.282 e. The predicted octanol–water partition coefficient (Wildman–Crippen LogP) is 7.34. The molecule has 10 nitrogen and oxygen atoms in total. The number of likely N-dealkylation sites (tertiary alicyclic amines) is 1. The molecular formula is C46H46ClF2N7O3. The number of aromatic nitrogens is 2. The number of amides is 1. The Morgan fingerprint density at radius 2 is 1.68 bits per heavy atom. The largest absolute Gasteiger partial charge is 0.368 e. The second kappa shape index (κ2) is 16.2. The minimum absolute atomic E-state index is 0.0138. The number of hydrogen-bond donors (Lipinski definition) is 1. The van der Waals surface area contributed by atoms with Gasteiger partial charge in [-0.15, -0.1) is 0 Å². The van der Waals surface area contributed by atoms with Crippen LogP contribution in [-0.4, -0.2) is 73.0 Å². The molecule has 1 unspecified atom stereocenters. The zero-order chi connectivity index (χ0) is 41.6. The van der Waals surface area contributed by atoms with Gasteiger partial charge in [-0.25, -0.2) is 8.78 Å². The summed E-state index contributed by atoms with van der Waals surface area (Å²) in [7, 11) is 1.40. The lowest BCUT2D eigenvalue weighted by atomic mass is 9.83. The SMILES string of the molecule is CNC(=O)C(CCC=O)c1c(F)cc(N2CCN(c3ccc(CN4CCC(c5ccc6c(c5)-n5c(nc(=O)c7c(Cl)cccc75)C6(C)C)CC4)c(C#N)c3)CC2)cc1F. The highest BCUT2D eigenvalue weighted by atomic mass is 35.5. The molecule has 5 aromatic rings. The van der Waals surface area contributed by atoms with Gasteiger partial charge in [0.15, 0.2) is 0 Å². The molecule has 4 heterocycles. The molecule has 13 heteroatoms. The van der Waals surface area contributed by atoms with Crippen LogP contribution in [0, 0.1) is 23.0 Å². The number of aldehydes is 1. The molecule has 2 fully saturated rings. The van der Waals surface area contributed by atoms with E-state index in [-0.39, 0.29) is 24.0 Å². The van der Waals surface area contributed by atoms with E-state index in [4.69, 9.17) is 11.6 Å². The first-order valence-corrected chi connectivity index (χ1v) is 20.6. The molecule has 2 saturated heterocycles. The molecule has 8 rings (SSSR count). The summed E-state index contributed by atoms with van der Waals surface area (Å²) in [5.74, 6) is -2.17. The van der Waals surface area contributed by atoms with Crippen LogP contribution in [-0.2, 0) is 21.5 Å². The highest BCUT2D eigenvalue weighted by Gasteiger charge is 2.39. The van der Waals surface area contributed by atoms with Crippen molar-refractivity contribution in [2.24, 2.45) is 0 Å². The monoisotopic (exact) mass is 817 g/mol. The van der Waals surface area contributed by atoms with Crippen molar-refractivity contribution in [3.05, 3.63) is 127 Å². The van der Waals surface area contributed by atoms with Crippen molar-refractivity contribution in [3.8, 4) is 11.8 Å². The summed E-state index contributed by atoms with van der Waals surface area (Å²) in [4.78, 5) is 47.5. The van der Waals surface area contributed by atoms with Crippen LogP contribution >= 0.6 is 11.6 Å². The van der Waals surface area contributed by atoms with E-state index in [1.165, 1.54) is 24.7 Å². The quantitative estimate of drug-likeness (QED) is 0.146. The normalized spacial score (nSPS) is 17.0. The summed E-state index contributed by atoms with van der Waals surface area (Å²) < 4.78 is 32.8. The third-order valence-electron chi connectivity index (χ3n) is 12.6. The fourth-order valence-electron chi connectivity index (χ4n) is 9.32. The predicted molar refractivity (Wildman–Crippen MR) is 226 cm³/mol. The van der Waals surface area contributed by atoms with Crippen LogP contribution < -0.4 is 20.7 Å². The van der Waals surface area contributed by atoms with Crippen molar-refractivity contribution in [1.82, 2.24) is 19.8 Å². The number of carbonyl (C=O) groups is 2. The average Bonchev–Trinajstić information content (AvgIpc) is 3.46. The van der Waals surface area contributed by atoms with E-state index in [0.29, 0.717) is 66.6 Å². The standard InChI is InChI=1S/C46H46ClF2N7O3/c1-46(2)35-12-10-29(23-40(35)56-39-8-4-7-36(47)42(39)44(59)52-45(46)56)28-13-15-53(16-14-28)27-30-9-11-32(22-31(30)26-50)54-17-19-55(20-18-54)33-24-37(48)41(38(49)25-33)34(6-5-21-57)43(58)51-3/h4,7-12,21-25,28,34H,5-6,13-20,27H2,1-3H3,(H,51,58). The summed E-state index contributed by atoms with van der Waals surface area (Å²) in [6.07, 6.45) is 2.61. The minimum Gasteiger partial charge on any atom is -0.368 e. The Balaban J connectivity index is 0.908. The van der Waals surface area contributed by atoms with Crippen LogP contribution in [0.1, 0.15) is 85.0 Å². The molecule has 3 aliphatic heterocycles. The lowest BCUT2D eigenvalue weighted by Gasteiger charge is -2.38. The van der Waals surface area contributed by atoms with Crippen molar-refractivity contribution in [2.75, 3.05) is 56.1 Å². The first kappa shape index (κ1) is 40.2. The van der Waals surface area contributed by atoms with Gasteiger partial charge in [-0.05, 0) is 111 Å². The molecule has 1 amide bonds. The minimum atomic E-state index is -1.10. The van der Waals surface area contributed by atoms with Gasteiger partial charge in [-0.1, -0.05) is 35.9 Å². The van der Waals surface area contributed by atoms with E-state index in [1.807, 2.05) is 35.2 Å². The van der Waals surface area contributed by atoms with Crippen LogP contribution in [0.4, 0.5) is 20.2 Å². The van der Waals surface area contributed by atoms with E-state index >= 15 is 8.78 Å². The number of nitrogens with zero attached hydrogens (tertiary/aromatic N) is 6. The number of halogens is 3. The number of carbonyl (C=O) groups excluding carboxylic acids is 2. The Labute approximate surface area is 347 Å². The number of likely N-dealkylation sites (N-methyl/N-ethyl adjacent to an activating group) is 1. The highest BCUT2D eigenvalue weighted by Crippen LogP contribution is 2.45. The summed E-state index contributed by atoms with van der Waals surface area (Å²) >= 11 is 6.50. The van der Waals surface area contributed by atoms with Gasteiger partial charge in [0.2, 0.25) is 5.91 Å². The van der Waals surface area contributed by atoms with E-state index < -0.39 is 28.9 Å². The molecule has 0 aliphatic carbocycles. The van der Waals surface area contributed by atoms with Crippen molar-refractivity contribution in [1.29, 1.82) is 5.26 Å². The fourth-order valence-corrected chi connectivity index (χ4v) is 9.57. The first-order chi connectivity index (χ1) is 28.4. The zero-order valence-corrected chi connectivity index (χ0v) is 34.2. The number of nitriles is 1. The van der Waals surface area contributed by atoms with Crippen LogP contribution in [0.15, 0.2) is 71.5 Å². The van der Waals surface area contributed by atoms with Crippen molar-refractivity contribution < 1.29 is 18.4 Å². The molecular weight excluding hydrogens is 772 g/mol. The fraction of sp³-hybridized carbons (Fsp3) is 0.370. The van der Waals surface area contributed by atoms with E-state index in [1.54, 1.807) is 6.07 Å². The Hall–Kier alpha value is -5.64. The molecule has 1 N–H and O–H groups in total. The molecule has 1 aromatic heterocycles. The van der Waals surface area contributed by atoms with Crippen molar-refractivity contribution in [2.45, 2.75) is 63.3 Å². The molecule has 304 valence electrons. The summed E-state index contributed by atoms with van der Waals surface area (Å²) in [6, 6.07) is 23.2. The molecule has 0 spiro atoms. The molecule has 1 atom stereocenters. The average molecular weight is 818 g/mol. The second-order valence-corrected chi connectivity index (χ2v) is 16.7. The number of hydrogen-bond acceptors (Lipinski definition) is 8. The number of fused-ring (bicyclic) bond motifs is 5. The topological polar surface area (TPSA) is 115 Å². The Morgan fingerprint density at radius 1 is 0.983 bits per heavy atom. The molecule has 4 aromatic carbocycles. The number of benzene rings is 4. The molecule has 0 bridgehead atoms. The number of rotatable bonds is 10. The van der Waals surface area contributed by atoms with Crippen LogP contribution in [0.5, 0.6) is 0 Å². The first-order valence-electron chi connectivity index (χ1n) is 20.2. The number of piperazine rings is 1. The summed E-state index contributed by atoms with van der Waals surface area (Å²) in [5.41, 5.74) is 6.06. The van der Waals surface area contributed by atoms with Gasteiger partial charge in [0.1, 0.15) is 23.7 Å². The van der Waals surface area contributed by atoms with Crippen molar-refractivity contribution in [3.63, 3.8) is 0 Å². The van der Waals surface area contributed by atoms with Gasteiger partial charge in [0.25, 0.3) is 5.56 Å². The van der Waals surface area contributed by atoms with E-state index in [2.05, 4.69) is 62.8 Å². The number of piperidine rings is 1. The van der Waals surface area contributed by atoms with Gasteiger partial charge in [0, 0.05) is 63.1 Å². The molecule has 3 aliphatic rings. The van der Waals surface area contributed by atoms with Gasteiger partial charge in [0.05, 0.1) is 44.6 Å². The maximum atomic E-state index is 15.3. The van der Waals surface area contributed by atoms with Crippen molar-refractivity contribution >= 4 is 46.1 Å². The highest BCUT2D eigenvalue weighted by molar-refractivity contribution is 6.35. The maximum absolute atomic E-state index is 15.3. The summed E-state index contributed by atoms with van der Waals surface area (Å²) in [6.45, 7) is 8.86. The molecule has 59 heavy (non-hydrogen) atoms. The van der Waals surface area contributed by atoms with E-state index in [9.17, 15) is 19.6 Å². The third kappa shape index (κ3) is 7.36. The van der Waals surface area contributed by atoms with Gasteiger partial charge in [-0.2, -0.15) is 10.2 Å². The Kier molecular flexibility index (Phi) is 11.0. The van der Waals surface area contributed by atoms with Crippen LogP contribution in [0.25, 0.3) is 16.6 Å². The van der Waals surface area contributed by atoms with Gasteiger partial charge >= 0.3 is 0 Å². The lowest BCUT2D eigenvalue weighted by Crippen LogP contribution is -2.46. The lowest BCUT2D eigenvalue weighted by molar-refractivity contribution is -0.122. The number of nitrogens with one attached hydrogen (secondary N) is 1. The van der Waals surface area contributed by atoms with E-state index in [0.717, 1.165) is 59.8 Å². The zero-order valence-electron chi connectivity index (χ0n) is 33.4. The van der Waals surface area contributed by atoms with Gasteiger partial charge < -0.3 is 19.9 Å².